The monoisotopic (exact) mass is 376 g/mol. The molecule has 2 atom stereocenters. The summed E-state index contributed by atoms with van der Waals surface area (Å²) < 4.78 is 5.99. The Morgan fingerprint density at radius 2 is 1.62 bits per heavy atom. The van der Waals surface area contributed by atoms with Gasteiger partial charge in [-0.3, -0.25) is 14.4 Å². The predicted octanol–water partition coefficient (Wildman–Crippen LogP) is 4.45. The zero-order valence-electron chi connectivity index (χ0n) is 15.9. The van der Waals surface area contributed by atoms with Crippen LogP contribution in [0.2, 0.25) is 5.02 Å². The highest BCUT2D eigenvalue weighted by molar-refractivity contribution is 6.33. The number of halogens is 1. The molecule has 1 aliphatic carbocycles. The summed E-state index contributed by atoms with van der Waals surface area (Å²) in [5.74, 6) is -1.28. The Bertz CT molecular complexity index is 793. The van der Waals surface area contributed by atoms with Crippen LogP contribution in [0.25, 0.3) is 0 Å². The van der Waals surface area contributed by atoms with E-state index in [1.54, 1.807) is 6.92 Å². The van der Waals surface area contributed by atoms with Gasteiger partial charge in [-0.15, -0.1) is 0 Å². The van der Waals surface area contributed by atoms with Gasteiger partial charge in [0.25, 0.3) is 0 Å². The molecule has 0 radical (unpaired) electrons. The highest BCUT2D eigenvalue weighted by Crippen LogP contribution is 2.50. The van der Waals surface area contributed by atoms with Crippen LogP contribution in [0.5, 0.6) is 5.75 Å². The highest BCUT2D eigenvalue weighted by Gasteiger charge is 2.42. The summed E-state index contributed by atoms with van der Waals surface area (Å²) in [4.78, 5) is 37.0. The standard InChI is InChI=1S/C21H25ClO4/c1-6-14(23)19-15(24)7-13(8-16(19)25)18-10(3)9(2)17-11(4)12(5)26-21(17)20(18)22/h11-13,19H,6-8H2,1-5H3. The Labute approximate surface area is 159 Å². The molecule has 1 heterocycles. The maximum absolute atomic E-state index is 12.5. The fourth-order valence-electron chi connectivity index (χ4n) is 4.39. The number of fused-ring (bicyclic) bond motifs is 1. The smallest absolute Gasteiger partial charge is 0.151 e. The number of ketones is 3. The molecule has 1 saturated carbocycles. The normalized spacial score (nSPS) is 28.1. The van der Waals surface area contributed by atoms with Gasteiger partial charge in [0.15, 0.2) is 17.3 Å². The molecule has 2 aliphatic rings. The molecule has 1 aliphatic heterocycles. The summed E-state index contributed by atoms with van der Waals surface area (Å²) in [6, 6.07) is 0. The Hall–Kier alpha value is -1.68. The molecule has 140 valence electrons. The Kier molecular flexibility index (Phi) is 5.00. The topological polar surface area (TPSA) is 60.4 Å². The lowest BCUT2D eigenvalue weighted by Gasteiger charge is -2.29. The van der Waals surface area contributed by atoms with Gasteiger partial charge in [0.1, 0.15) is 17.8 Å². The van der Waals surface area contributed by atoms with Gasteiger partial charge in [0.05, 0.1) is 5.02 Å². The molecule has 1 fully saturated rings. The first-order chi connectivity index (χ1) is 12.2. The molecule has 26 heavy (non-hydrogen) atoms. The lowest BCUT2D eigenvalue weighted by Crippen LogP contribution is -2.38. The van der Waals surface area contributed by atoms with Crippen LogP contribution < -0.4 is 4.74 Å². The van der Waals surface area contributed by atoms with E-state index in [9.17, 15) is 14.4 Å². The lowest BCUT2D eigenvalue weighted by molar-refractivity contribution is -0.142. The van der Waals surface area contributed by atoms with E-state index < -0.39 is 5.92 Å². The van der Waals surface area contributed by atoms with Gasteiger partial charge in [-0.1, -0.05) is 25.4 Å². The zero-order valence-corrected chi connectivity index (χ0v) is 16.7. The summed E-state index contributed by atoms with van der Waals surface area (Å²) in [6.45, 7) is 9.85. The number of rotatable bonds is 3. The van der Waals surface area contributed by atoms with Crippen molar-refractivity contribution in [2.45, 2.75) is 71.8 Å². The molecule has 0 N–H and O–H groups in total. The van der Waals surface area contributed by atoms with Crippen molar-refractivity contribution in [3.05, 3.63) is 27.3 Å². The van der Waals surface area contributed by atoms with E-state index in [1.807, 2.05) is 20.8 Å². The second kappa shape index (κ2) is 6.80. The van der Waals surface area contributed by atoms with Gasteiger partial charge in [0, 0.05) is 30.7 Å². The van der Waals surface area contributed by atoms with Gasteiger partial charge in [-0.25, -0.2) is 0 Å². The van der Waals surface area contributed by atoms with Crippen LogP contribution in [0, 0.1) is 19.8 Å². The number of benzene rings is 1. The van der Waals surface area contributed by atoms with Gasteiger partial charge in [-0.05, 0) is 43.4 Å². The Balaban J connectivity index is 2.03. The second-order valence-electron chi connectivity index (χ2n) is 7.62. The summed E-state index contributed by atoms with van der Waals surface area (Å²) in [6.07, 6.45) is 0.587. The van der Waals surface area contributed by atoms with E-state index in [1.165, 1.54) is 0 Å². The molecule has 0 saturated heterocycles. The molecule has 0 aromatic heterocycles. The van der Waals surface area contributed by atoms with E-state index in [4.69, 9.17) is 16.3 Å². The van der Waals surface area contributed by atoms with Gasteiger partial charge >= 0.3 is 0 Å². The minimum atomic E-state index is -1.08. The molecule has 5 heteroatoms. The fraction of sp³-hybridized carbons (Fsp3) is 0.571. The van der Waals surface area contributed by atoms with Crippen LogP contribution in [-0.4, -0.2) is 23.5 Å². The average molecular weight is 377 g/mol. The van der Waals surface area contributed by atoms with E-state index in [2.05, 4.69) is 6.92 Å². The molecule has 3 rings (SSSR count). The Morgan fingerprint density at radius 3 is 2.15 bits per heavy atom. The maximum Gasteiger partial charge on any atom is 0.151 e. The second-order valence-corrected chi connectivity index (χ2v) is 8.00. The van der Waals surface area contributed by atoms with Crippen LogP contribution in [0.15, 0.2) is 0 Å². The van der Waals surface area contributed by atoms with Crippen LogP contribution in [0.4, 0.5) is 0 Å². The first kappa shape index (κ1) is 19.1. The lowest BCUT2D eigenvalue weighted by atomic mass is 9.73. The molecular formula is C21H25ClO4. The van der Waals surface area contributed by atoms with Crippen molar-refractivity contribution >= 4 is 29.0 Å². The van der Waals surface area contributed by atoms with E-state index in [0.29, 0.717) is 10.8 Å². The summed E-state index contributed by atoms with van der Waals surface area (Å²) in [5.41, 5.74) is 4.08. The summed E-state index contributed by atoms with van der Waals surface area (Å²) >= 11 is 6.70. The number of hydrogen-bond acceptors (Lipinski definition) is 4. The minimum absolute atomic E-state index is 0.0389. The molecule has 1 aromatic carbocycles. The van der Waals surface area contributed by atoms with Crippen LogP contribution >= 0.6 is 11.6 Å². The molecule has 0 amide bonds. The van der Waals surface area contributed by atoms with Crippen molar-refractivity contribution in [1.82, 2.24) is 0 Å². The third-order valence-corrected chi connectivity index (χ3v) is 6.51. The SMILES string of the molecule is CCC(=O)C1C(=O)CC(c2c(C)c(C)c3c(c2Cl)OC(C)C3C)CC1=O. The Morgan fingerprint density at radius 1 is 1.08 bits per heavy atom. The van der Waals surface area contributed by atoms with Crippen molar-refractivity contribution in [1.29, 1.82) is 0 Å². The third-order valence-electron chi connectivity index (χ3n) is 6.13. The highest BCUT2D eigenvalue weighted by atomic mass is 35.5. The number of carbonyl (C=O) groups excluding carboxylic acids is 3. The largest absolute Gasteiger partial charge is 0.488 e. The van der Waals surface area contributed by atoms with Gasteiger partial charge in [-0.2, -0.15) is 0 Å². The van der Waals surface area contributed by atoms with Crippen molar-refractivity contribution in [2.75, 3.05) is 0 Å². The van der Waals surface area contributed by atoms with Crippen molar-refractivity contribution < 1.29 is 19.1 Å². The summed E-state index contributed by atoms with van der Waals surface area (Å²) in [5, 5.41) is 0.519. The van der Waals surface area contributed by atoms with Gasteiger partial charge in [0.2, 0.25) is 0 Å². The first-order valence-electron chi connectivity index (χ1n) is 9.26. The van der Waals surface area contributed by atoms with Crippen LogP contribution in [0.3, 0.4) is 0 Å². The number of ether oxygens (including phenoxy) is 1. The quantitative estimate of drug-likeness (QED) is 0.731. The number of hydrogen-bond donors (Lipinski definition) is 0. The number of Topliss-reactive ketones (excluding diaryl/α,β-unsaturated/α-hetero) is 3. The average Bonchev–Trinajstić information content (AvgIpc) is 2.88. The minimum Gasteiger partial charge on any atom is -0.488 e. The van der Waals surface area contributed by atoms with E-state index in [-0.39, 0.29) is 54.6 Å². The zero-order chi connectivity index (χ0) is 19.3. The number of carbonyl (C=O) groups is 3. The van der Waals surface area contributed by atoms with Crippen LogP contribution in [0.1, 0.15) is 74.1 Å². The first-order valence-corrected chi connectivity index (χ1v) is 9.63. The molecule has 1 aromatic rings. The van der Waals surface area contributed by atoms with Crippen molar-refractivity contribution in [2.24, 2.45) is 5.92 Å². The molecule has 0 spiro atoms. The van der Waals surface area contributed by atoms with Crippen molar-refractivity contribution in [3.8, 4) is 5.75 Å². The predicted molar refractivity (Wildman–Crippen MR) is 100 cm³/mol. The van der Waals surface area contributed by atoms with E-state index >= 15 is 0 Å². The molecule has 0 bridgehead atoms. The van der Waals surface area contributed by atoms with Gasteiger partial charge < -0.3 is 4.74 Å². The van der Waals surface area contributed by atoms with E-state index in [0.717, 1.165) is 22.3 Å². The molecule has 4 nitrogen and oxygen atoms in total. The fourth-order valence-corrected chi connectivity index (χ4v) is 4.83. The molecule has 2 unspecified atom stereocenters. The molecular weight excluding hydrogens is 352 g/mol. The third kappa shape index (κ3) is 2.79. The van der Waals surface area contributed by atoms with Crippen molar-refractivity contribution in [3.63, 3.8) is 0 Å². The van der Waals surface area contributed by atoms with Crippen LogP contribution in [-0.2, 0) is 14.4 Å². The maximum atomic E-state index is 12.5. The summed E-state index contributed by atoms with van der Waals surface area (Å²) in [7, 11) is 0.